The Morgan fingerprint density at radius 3 is 1.93 bits per heavy atom. The number of hydrazine groups is 3. The SMILES string of the molecule is CC1(C)NNNNC(C)(C)[N+](C)(C)N1. The lowest BCUT2D eigenvalue weighted by Crippen LogP contribution is -2.82. The minimum atomic E-state index is -0.199. The molecule has 0 aliphatic carbocycles. The molecule has 0 unspecified atom stereocenters. The second kappa shape index (κ2) is 3.41. The molecular formula is C8H23N6+. The lowest BCUT2D eigenvalue weighted by atomic mass is 10.2. The summed E-state index contributed by atoms with van der Waals surface area (Å²) in [5.74, 6) is 0. The van der Waals surface area contributed by atoms with E-state index in [4.69, 9.17) is 0 Å². The molecule has 6 heteroatoms. The predicted octanol–water partition coefficient (Wildman–Crippen LogP) is -0.843. The number of rotatable bonds is 0. The normalized spacial score (nSPS) is 30.4. The molecule has 0 radical (unpaired) electrons. The van der Waals surface area contributed by atoms with E-state index >= 15 is 0 Å². The Balaban J connectivity index is 2.86. The third-order valence-electron chi connectivity index (χ3n) is 2.76. The molecule has 1 rings (SSSR count). The van der Waals surface area contributed by atoms with E-state index in [-0.39, 0.29) is 11.3 Å². The maximum atomic E-state index is 3.49. The van der Waals surface area contributed by atoms with Crippen molar-refractivity contribution in [3.05, 3.63) is 0 Å². The third kappa shape index (κ3) is 2.41. The van der Waals surface area contributed by atoms with Gasteiger partial charge in [0, 0.05) is 13.8 Å². The first-order valence-electron chi connectivity index (χ1n) is 4.84. The van der Waals surface area contributed by atoms with Gasteiger partial charge in [-0.05, 0) is 13.8 Å². The highest BCUT2D eigenvalue weighted by Gasteiger charge is 2.42. The number of nitrogens with one attached hydrogen (secondary N) is 5. The second-order valence-electron chi connectivity index (χ2n) is 5.25. The van der Waals surface area contributed by atoms with Crippen LogP contribution < -0.4 is 27.3 Å². The Kier molecular flexibility index (Phi) is 2.88. The molecule has 84 valence electrons. The molecule has 0 amide bonds. The van der Waals surface area contributed by atoms with E-state index in [1.165, 1.54) is 0 Å². The van der Waals surface area contributed by atoms with Crippen LogP contribution in [0.25, 0.3) is 0 Å². The Bertz CT molecular complexity index is 210. The fraction of sp³-hybridized carbons (Fsp3) is 1.00. The zero-order valence-electron chi connectivity index (χ0n) is 9.95. The molecule has 14 heavy (non-hydrogen) atoms. The molecule has 1 fully saturated rings. The van der Waals surface area contributed by atoms with Crippen molar-refractivity contribution in [1.29, 1.82) is 0 Å². The van der Waals surface area contributed by atoms with Crippen molar-refractivity contribution in [2.45, 2.75) is 39.0 Å². The van der Waals surface area contributed by atoms with Crippen molar-refractivity contribution in [2.75, 3.05) is 14.1 Å². The summed E-state index contributed by atoms with van der Waals surface area (Å²) in [6, 6.07) is 0. The summed E-state index contributed by atoms with van der Waals surface area (Å²) in [6.45, 7) is 8.39. The molecule has 1 aliphatic heterocycles. The summed E-state index contributed by atoms with van der Waals surface area (Å²) in [5.41, 5.74) is 15.2. The highest BCUT2D eigenvalue weighted by Crippen LogP contribution is 2.16. The monoisotopic (exact) mass is 203 g/mol. The van der Waals surface area contributed by atoms with Crippen molar-refractivity contribution in [3.63, 3.8) is 0 Å². The highest BCUT2D eigenvalue weighted by atomic mass is 15.9. The van der Waals surface area contributed by atoms with Crippen molar-refractivity contribution >= 4 is 0 Å². The molecule has 1 saturated heterocycles. The maximum Gasteiger partial charge on any atom is 0.177 e. The number of hydrogen-bond donors (Lipinski definition) is 5. The predicted molar refractivity (Wildman–Crippen MR) is 55.9 cm³/mol. The molecule has 0 atom stereocenters. The van der Waals surface area contributed by atoms with E-state index in [1.54, 1.807) is 0 Å². The largest absolute Gasteiger partial charge is 0.231 e. The van der Waals surface area contributed by atoms with Crippen LogP contribution in [-0.2, 0) is 0 Å². The van der Waals surface area contributed by atoms with Crippen LogP contribution in [0.5, 0.6) is 0 Å². The summed E-state index contributed by atoms with van der Waals surface area (Å²) in [7, 11) is 4.23. The van der Waals surface area contributed by atoms with Gasteiger partial charge in [0.1, 0.15) is 5.66 Å². The molecule has 1 heterocycles. The van der Waals surface area contributed by atoms with Crippen molar-refractivity contribution in [2.24, 2.45) is 0 Å². The first kappa shape index (κ1) is 11.8. The Hall–Kier alpha value is -0.240. The van der Waals surface area contributed by atoms with Gasteiger partial charge in [-0.15, -0.1) is 5.43 Å². The Morgan fingerprint density at radius 2 is 1.36 bits per heavy atom. The molecular weight excluding hydrogens is 180 g/mol. The van der Waals surface area contributed by atoms with E-state index in [0.717, 1.165) is 0 Å². The smallest absolute Gasteiger partial charge is 0.177 e. The average Bonchev–Trinajstić information content (AvgIpc) is 1.94. The van der Waals surface area contributed by atoms with Gasteiger partial charge in [0.05, 0.1) is 14.1 Å². The first-order chi connectivity index (χ1) is 6.16. The summed E-state index contributed by atoms with van der Waals surface area (Å²) in [6.07, 6.45) is 0. The fourth-order valence-electron chi connectivity index (χ4n) is 1.38. The van der Waals surface area contributed by atoms with Crippen LogP contribution in [0.3, 0.4) is 0 Å². The molecule has 6 nitrogen and oxygen atoms in total. The lowest BCUT2D eigenvalue weighted by Gasteiger charge is -2.49. The van der Waals surface area contributed by atoms with Gasteiger partial charge >= 0.3 is 0 Å². The van der Waals surface area contributed by atoms with Crippen LogP contribution in [0.1, 0.15) is 27.7 Å². The van der Waals surface area contributed by atoms with Crippen LogP contribution in [0.15, 0.2) is 0 Å². The molecule has 1 aliphatic rings. The van der Waals surface area contributed by atoms with Gasteiger partial charge in [-0.3, -0.25) is 0 Å². The topological polar surface area (TPSA) is 60.1 Å². The minimum Gasteiger partial charge on any atom is -0.231 e. The zero-order chi connectivity index (χ0) is 11.0. The fourth-order valence-corrected chi connectivity index (χ4v) is 1.38. The standard InChI is InChI=1S/C8H23N6/c1-7(2)9-12-13-10-8(3,4)14(5,6)11-7/h9-13H,1-6H3/q+1. The van der Waals surface area contributed by atoms with Crippen LogP contribution in [-0.4, -0.2) is 30.0 Å². The molecule has 0 aromatic heterocycles. The summed E-state index contributed by atoms with van der Waals surface area (Å²) >= 11 is 0. The average molecular weight is 203 g/mol. The zero-order valence-corrected chi connectivity index (χ0v) is 9.95. The van der Waals surface area contributed by atoms with E-state index in [1.807, 2.05) is 0 Å². The van der Waals surface area contributed by atoms with E-state index in [2.05, 4.69) is 69.1 Å². The van der Waals surface area contributed by atoms with Gasteiger partial charge in [0.25, 0.3) is 0 Å². The molecule has 0 bridgehead atoms. The van der Waals surface area contributed by atoms with Gasteiger partial charge < -0.3 is 0 Å². The van der Waals surface area contributed by atoms with Gasteiger partial charge in [0.15, 0.2) is 5.66 Å². The van der Waals surface area contributed by atoms with E-state index < -0.39 is 0 Å². The molecule has 0 spiro atoms. The van der Waals surface area contributed by atoms with Crippen molar-refractivity contribution in [1.82, 2.24) is 27.3 Å². The molecule has 0 saturated carbocycles. The molecule has 0 aromatic carbocycles. The lowest BCUT2D eigenvalue weighted by molar-refractivity contribution is -0.989. The number of hydrogen-bond acceptors (Lipinski definition) is 5. The molecule has 5 N–H and O–H groups in total. The Morgan fingerprint density at radius 1 is 0.857 bits per heavy atom. The van der Waals surface area contributed by atoms with Gasteiger partial charge in [-0.1, -0.05) is 0 Å². The van der Waals surface area contributed by atoms with E-state index in [9.17, 15) is 0 Å². The minimum absolute atomic E-state index is 0.133. The van der Waals surface area contributed by atoms with Crippen LogP contribution in [0.2, 0.25) is 0 Å². The summed E-state index contributed by atoms with van der Waals surface area (Å²) in [4.78, 5) is 0. The van der Waals surface area contributed by atoms with Crippen LogP contribution in [0.4, 0.5) is 0 Å². The van der Waals surface area contributed by atoms with Gasteiger partial charge in [-0.25, -0.2) is 10.0 Å². The maximum absolute atomic E-state index is 3.49. The van der Waals surface area contributed by atoms with Crippen LogP contribution in [0, 0.1) is 0 Å². The van der Waals surface area contributed by atoms with Gasteiger partial charge in [-0.2, -0.15) is 16.5 Å². The quantitative estimate of drug-likeness (QED) is 0.332. The second-order valence-corrected chi connectivity index (χ2v) is 5.25. The van der Waals surface area contributed by atoms with Gasteiger partial charge in [0.2, 0.25) is 0 Å². The Labute approximate surface area is 85.9 Å². The highest BCUT2D eigenvalue weighted by molar-refractivity contribution is 4.71. The summed E-state index contributed by atoms with van der Waals surface area (Å²) in [5, 5.41) is 0. The number of quaternary nitrogens is 1. The third-order valence-corrected chi connectivity index (χ3v) is 2.76. The van der Waals surface area contributed by atoms with Crippen molar-refractivity contribution in [3.8, 4) is 0 Å². The van der Waals surface area contributed by atoms with Crippen LogP contribution >= 0.6 is 0 Å². The molecule has 0 aromatic rings. The van der Waals surface area contributed by atoms with Crippen molar-refractivity contribution < 1.29 is 4.59 Å². The first-order valence-corrected chi connectivity index (χ1v) is 4.84. The van der Waals surface area contributed by atoms with E-state index in [0.29, 0.717) is 4.59 Å². The summed E-state index contributed by atoms with van der Waals surface area (Å²) < 4.78 is 0.641. The number of nitrogens with zero attached hydrogens (tertiary/aromatic N) is 1.